The van der Waals surface area contributed by atoms with Crippen LogP contribution < -0.4 is 0 Å². The molecule has 0 heteroatoms. The number of rotatable bonds is 0. The lowest BCUT2D eigenvalue weighted by Crippen LogP contribution is -1.99. The third-order valence-electron chi connectivity index (χ3n) is 2.88. The molecule has 0 spiro atoms. The second kappa shape index (κ2) is 3.25. The van der Waals surface area contributed by atoms with Gasteiger partial charge in [0.05, 0.1) is 0 Å². The van der Waals surface area contributed by atoms with Crippen LogP contribution in [0.2, 0.25) is 0 Å². The highest BCUT2D eigenvalue weighted by Crippen LogP contribution is 2.30. The van der Waals surface area contributed by atoms with Crippen molar-refractivity contribution < 1.29 is 0 Å². The Hall–Kier alpha value is -0.520. The maximum absolute atomic E-state index is 2.39. The fourth-order valence-corrected chi connectivity index (χ4v) is 2.23. The van der Waals surface area contributed by atoms with E-state index in [1.165, 1.54) is 32.1 Å². The van der Waals surface area contributed by atoms with Crippen LogP contribution in [-0.2, 0) is 0 Å². The fraction of sp³-hybridized carbons (Fsp3) is 0.636. The third-order valence-corrected chi connectivity index (χ3v) is 2.88. The molecule has 0 aromatic rings. The average Bonchev–Trinajstić information content (AvgIpc) is 2.36. The smallest absolute Gasteiger partial charge is 0.0225 e. The van der Waals surface area contributed by atoms with E-state index in [9.17, 15) is 0 Å². The maximum Gasteiger partial charge on any atom is -0.0225 e. The van der Waals surface area contributed by atoms with E-state index in [1.807, 2.05) is 0 Å². The minimum Gasteiger partial charge on any atom is -0.0814 e. The van der Waals surface area contributed by atoms with Crippen molar-refractivity contribution in [3.63, 3.8) is 0 Å². The Balaban J connectivity index is 2.11. The van der Waals surface area contributed by atoms with E-state index in [1.54, 1.807) is 0 Å². The summed E-state index contributed by atoms with van der Waals surface area (Å²) >= 11 is 0. The first-order valence-corrected chi connectivity index (χ1v) is 4.80. The minimum absolute atomic E-state index is 0.887. The van der Waals surface area contributed by atoms with Crippen LogP contribution in [0.25, 0.3) is 0 Å². The van der Waals surface area contributed by atoms with Crippen LogP contribution >= 0.6 is 0 Å². The molecule has 0 radical (unpaired) electrons. The number of fused-ring (bicyclic) bond motifs is 2. The van der Waals surface area contributed by atoms with Gasteiger partial charge in [0.1, 0.15) is 0 Å². The molecule has 0 saturated heterocycles. The Morgan fingerprint density at radius 1 is 0.818 bits per heavy atom. The quantitative estimate of drug-likeness (QED) is 0.494. The molecule has 0 aromatic heterocycles. The summed E-state index contributed by atoms with van der Waals surface area (Å²) < 4.78 is 0. The highest BCUT2D eigenvalue weighted by molar-refractivity contribution is 5.10. The molecule has 0 nitrogen and oxygen atoms in total. The van der Waals surface area contributed by atoms with Crippen molar-refractivity contribution in [3.8, 4) is 0 Å². The second-order valence-corrected chi connectivity index (χ2v) is 3.81. The van der Waals surface area contributed by atoms with Gasteiger partial charge in [-0.05, 0) is 31.1 Å². The summed E-state index contributed by atoms with van der Waals surface area (Å²) in [4.78, 5) is 0. The van der Waals surface area contributed by atoms with Crippen LogP contribution in [0.15, 0.2) is 24.3 Å². The molecule has 0 heterocycles. The average molecular weight is 148 g/mol. The highest BCUT2D eigenvalue weighted by atomic mass is 14.2. The van der Waals surface area contributed by atoms with Crippen molar-refractivity contribution in [1.82, 2.24) is 0 Å². The molecule has 0 aliphatic heterocycles. The van der Waals surface area contributed by atoms with E-state index in [0.717, 1.165) is 11.8 Å². The van der Waals surface area contributed by atoms with E-state index in [4.69, 9.17) is 0 Å². The van der Waals surface area contributed by atoms with Gasteiger partial charge in [-0.3, -0.25) is 0 Å². The van der Waals surface area contributed by atoms with Crippen LogP contribution in [0.1, 0.15) is 32.1 Å². The summed E-state index contributed by atoms with van der Waals surface area (Å²) in [5.41, 5.74) is 0. The largest absolute Gasteiger partial charge is 0.0814 e. The highest BCUT2D eigenvalue weighted by Gasteiger charge is 2.16. The van der Waals surface area contributed by atoms with E-state index >= 15 is 0 Å². The van der Waals surface area contributed by atoms with Crippen LogP contribution in [0.5, 0.6) is 0 Å². The van der Waals surface area contributed by atoms with Crippen molar-refractivity contribution in [2.24, 2.45) is 11.8 Å². The summed E-state index contributed by atoms with van der Waals surface area (Å²) in [5, 5.41) is 0. The molecular weight excluding hydrogens is 132 g/mol. The number of allylic oxidation sites excluding steroid dienone is 4. The van der Waals surface area contributed by atoms with Gasteiger partial charge in [0.25, 0.3) is 0 Å². The fourth-order valence-electron chi connectivity index (χ4n) is 2.23. The van der Waals surface area contributed by atoms with Crippen molar-refractivity contribution >= 4 is 0 Å². The molecule has 11 heavy (non-hydrogen) atoms. The summed E-state index contributed by atoms with van der Waals surface area (Å²) in [7, 11) is 0. The Labute approximate surface area is 69.0 Å². The number of hydrogen-bond donors (Lipinski definition) is 0. The molecule has 1 fully saturated rings. The summed E-state index contributed by atoms with van der Waals surface area (Å²) in [5.74, 6) is 1.77. The molecule has 2 aliphatic rings. The normalized spacial score (nSPS) is 36.4. The van der Waals surface area contributed by atoms with E-state index in [2.05, 4.69) is 24.3 Å². The second-order valence-electron chi connectivity index (χ2n) is 3.81. The first kappa shape index (κ1) is 7.15. The topological polar surface area (TPSA) is 0 Å². The van der Waals surface area contributed by atoms with Crippen molar-refractivity contribution in [1.29, 1.82) is 0 Å². The lowest BCUT2D eigenvalue weighted by molar-refractivity contribution is 0.496. The van der Waals surface area contributed by atoms with Gasteiger partial charge in [-0.1, -0.05) is 37.1 Å². The van der Waals surface area contributed by atoms with E-state index in [0.29, 0.717) is 0 Å². The van der Waals surface area contributed by atoms with Gasteiger partial charge in [-0.2, -0.15) is 0 Å². The molecule has 0 N–H and O–H groups in total. The zero-order chi connectivity index (χ0) is 7.52. The SMILES string of the molecule is C1=CC2CCCCC(C=C1)C2. The zero-order valence-electron chi connectivity index (χ0n) is 7.00. The molecule has 2 atom stereocenters. The molecule has 2 bridgehead atoms. The molecule has 0 aromatic carbocycles. The van der Waals surface area contributed by atoms with E-state index in [-0.39, 0.29) is 0 Å². The molecule has 1 saturated carbocycles. The maximum atomic E-state index is 2.39. The van der Waals surface area contributed by atoms with Gasteiger partial charge in [0.15, 0.2) is 0 Å². The lowest BCUT2D eigenvalue weighted by Gasteiger charge is -2.10. The van der Waals surface area contributed by atoms with Crippen molar-refractivity contribution in [3.05, 3.63) is 24.3 Å². The Bertz CT molecular complexity index is 156. The van der Waals surface area contributed by atoms with Gasteiger partial charge >= 0.3 is 0 Å². The third kappa shape index (κ3) is 1.74. The van der Waals surface area contributed by atoms with E-state index < -0.39 is 0 Å². The summed E-state index contributed by atoms with van der Waals surface area (Å²) in [6.07, 6.45) is 16.4. The van der Waals surface area contributed by atoms with Crippen LogP contribution in [0.4, 0.5) is 0 Å². The molecule has 0 amide bonds. The monoisotopic (exact) mass is 148 g/mol. The molecule has 60 valence electrons. The van der Waals surface area contributed by atoms with Crippen molar-refractivity contribution in [2.75, 3.05) is 0 Å². The Morgan fingerprint density at radius 3 is 1.91 bits per heavy atom. The predicted molar refractivity (Wildman–Crippen MR) is 48.3 cm³/mol. The van der Waals surface area contributed by atoms with Crippen LogP contribution in [-0.4, -0.2) is 0 Å². The zero-order valence-corrected chi connectivity index (χ0v) is 7.00. The molecular formula is C11H16. The van der Waals surface area contributed by atoms with Crippen LogP contribution in [0, 0.1) is 11.8 Å². The van der Waals surface area contributed by atoms with Gasteiger partial charge in [-0.25, -0.2) is 0 Å². The number of hydrogen-bond acceptors (Lipinski definition) is 0. The summed E-state index contributed by atoms with van der Waals surface area (Å²) in [6, 6.07) is 0. The minimum atomic E-state index is 0.887. The molecule has 2 unspecified atom stereocenters. The molecule has 2 aliphatic carbocycles. The van der Waals surface area contributed by atoms with Crippen molar-refractivity contribution in [2.45, 2.75) is 32.1 Å². The van der Waals surface area contributed by atoms with Crippen LogP contribution in [0.3, 0.4) is 0 Å². The first-order valence-electron chi connectivity index (χ1n) is 4.80. The van der Waals surface area contributed by atoms with Gasteiger partial charge in [0.2, 0.25) is 0 Å². The molecule has 2 rings (SSSR count). The summed E-state index contributed by atoms with van der Waals surface area (Å²) in [6.45, 7) is 0. The van der Waals surface area contributed by atoms with Gasteiger partial charge < -0.3 is 0 Å². The first-order chi connectivity index (χ1) is 5.45. The Morgan fingerprint density at radius 2 is 1.36 bits per heavy atom. The predicted octanol–water partition coefficient (Wildman–Crippen LogP) is 3.31. The standard InChI is InChI=1S/C11H16/c1-2-6-11-8-4-3-7-10(5-1)9-11/h1-2,5-6,10-11H,3-4,7-9H2. The van der Waals surface area contributed by atoms with Gasteiger partial charge in [-0.15, -0.1) is 0 Å². The van der Waals surface area contributed by atoms with Gasteiger partial charge in [0, 0.05) is 0 Å². The lowest BCUT2D eigenvalue weighted by atomic mass is 9.95. The Kier molecular flexibility index (Phi) is 2.11.